The van der Waals surface area contributed by atoms with Crippen molar-refractivity contribution in [1.29, 1.82) is 5.41 Å². The summed E-state index contributed by atoms with van der Waals surface area (Å²) in [4.78, 5) is 90.1. The Labute approximate surface area is 347 Å². The Balaban J connectivity index is 1.46. The molecule has 5 amide bonds. The number of rotatable bonds is 23. The molecule has 0 saturated carbocycles. The van der Waals surface area contributed by atoms with Crippen LogP contribution in [0.4, 0.5) is 0 Å². The number of nitrogens with zero attached hydrogens (tertiary/aromatic N) is 1. The number of fused-ring (bicyclic) bond motifs is 1. The summed E-state index contributed by atoms with van der Waals surface area (Å²) in [5.74, 6) is -5.10. The zero-order chi connectivity index (χ0) is 43.8. The van der Waals surface area contributed by atoms with Crippen molar-refractivity contribution in [3.8, 4) is 0 Å². The predicted molar refractivity (Wildman–Crippen MR) is 224 cm³/mol. The van der Waals surface area contributed by atoms with E-state index in [1.165, 1.54) is 19.4 Å². The second-order valence-electron chi connectivity index (χ2n) is 15.0. The van der Waals surface area contributed by atoms with Crippen molar-refractivity contribution in [3.05, 3.63) is 90.1 Å². The van der Waals surface area contributed by atoms with Gasteiger partial charge in [-0.2, -0.15) is 0 Å². The normalized spacial score (nSPS) is 14.2. The number of amides is 5. The molecule has 322 valence electrons. The number of carbonyl (C=O) groups excluding carboxylic acids is 5. The van der Waals surface area contributed by atoms with Gasteiger partial charge in [-0.05, 0) is 55.7 Å². The lowest BCUT2D eigenvalue weighted by molar-refractivity contribution is -0.142. The summed E-state index contributed by atoms with van der Waals surface area (Å²) in [6.07, 6.45) is 5.32. The first-order valence-electron chi connectivity index (χ1n) is 19.8. The van der Waals surface area contributed by atoms with Crippen LogP contribution in [0.1, 0.15) is 56.9 Å². The Hall–Kier alpha value is -6.76. The van der Waals surface area contributed by atoms with E-state index in [4.69, 9.17) is 16.9 Å². The van der Waals surface area contributed by atoms with Crippen molar-refractivity contribution in [2.45, 2.75) is 95.5 Å². The van der Waals surface area contributed by atoms with Crippen LogP contribution in [0.5, 0.6) is 0 Å². The van der Waals surface area contributed by atoms with Crippen LogP contribution in [0.25, 0.3) is 10.9 Å². The van der Waals surface area contributed by atoms with Gasteiger partial charge in [-0.25, -0.2) is 9.78 Å². The molecule has 0 bridgehead atoms. The molecule has 0 unspecified atom stereocenters. The quantitative estimate of drug-likeness (QED) is 0.0270. The van der Waals surface area contributed by atoms with Crippen LogP contribution in [-0.4, -0.2) is 104 Å². The monoisotopic (exact) mass is 828 g/mol. The van der Waals surface area contributed by atoms with Gasteiger partial charge in [-0.3, -0.25) is 29.4 Å². The Kier molecular flexibility index (Phi) is 17.2. The number of nitrogens with two attached hydrogens (primary N) is 2. The number of imidazole rings is 1. The first-order chi connectivity index (χ1) is 28.6. The second-order valence-corrected chi connectivity index (χ2v) is 15.0. The highest BCUT2D eigenvalue weighted by atomic mass is 16.4. The number of carboxylic acids is 1. The molecule has 60 heavy (non-hydrogen) atoms. The van der Waals surface area contributed by atoms with Crippen molar-refractivity contribution in [2.24, 2.45) is 17.4 Å². The van der Waals surface area contributed by atoms with Crippen molar-refractivity contribution in [1.82, 2.24) is 46.9 Å². The van der Waals surface area contributed by atoms with Crippen molar-refractivity contribution < 1.29 is 33.9 Å². The minimum absolute atomic E-state index is 0.0449. The number of para-hydroxylation sites is 1. The average Bonchev–Trinajstić information content (AvgIpc) is 3.88. The first-order valence-corrected chi connectivity index (χ1v) is 19.8. The highest BCUT2D eigenvalue weighted by Crippen LogP contribution is 2.19. The molecule has 4 rings (SSSR count). The highest BCUT2D eigenvalue weighted by molar-refractivity contribution is 5.96. The number of aromatic amines is 2. The van der Waals surface area contributed by atoms with Gasteiger partial charge in [0.1, 0.15) is 30.2 Å². The van der Waals surface area contributed by atoms with Crippen LogP contribution < -0.4 is 43.4 Å². The van der Waals surface area contributed by atoms with Gasteiger partial charge in [0.05, 0.1) is 18.1 Å². The first kappa shape index (κ1) is 45.9. The Morgan fingerprint density at radius 2 is 1.38 bits per heavy atom. The average molecular weight is 829 g/mol. The number of H-pyrrole nitrogens is 2. The van der Waals surface area contributed by atoms with E-state index in [0.717, 1.165) is 22.0 Å². The SMILES string of the molecule is CC(C)C[C@H](NC(=O)[C@H](C)NC(=O)[C@H](CCCNC(=N)N)NC(=O)[C@H](Cc1ccccc1)NC(=O)[C@@H](N)Cc1c[nH]c2ccccc12)C(=O)N[C@@H](Cc1c[nH]cn1)C(=O)O. The predicted octanol–water partition coefficient (Wildman–Crippen LogP) is 0.0841. The maximum Gasteiger partial charge on any atom is 0.326 e. The fourth-order valence-corrected chi connectivity index (χ4v) is 6.50. The Morgan fingerprint density at radius 3 is 2.05 bits per heavy atom. The number of aromatic nitrogens is 3. The maximum atomic E-state index is 14.0. The third-order valence-corrected chi connectivity index (χ3v) is 9.66. The molecule has 0 aliphatic heterocycles. The van der Waals surface area contributed by atoms with Crippen molar-refractivity contribution in [3.63, 3.8) is 0 Å². The van der Waals surface area contributed by atoms with Crippen molar-refractivity contribution >= 4 is 52.4 Å². The van der Waals surface area contributed by atoms with E-state index in [1.807, 2.05) is 44.2 Å². The number of hydrogen-bond donors (Lipinski definition) is 12. The van der Waals surface area contributed by atoms with E-state index in [1.54, 1.807) is 30.5 Å². The molecule has 0 spiro atoms. The van der Waals surface area contributed by atoms with Crippen LogP contribution in [0.2, 0.25) is 0 Å². The number of benzene rings is 2. The van der Waals surface area contributed by atoms with Crippen molar-refractivity contribution in [2.75, 3.05) is 6.54 Å². The molecule has 0 saturated heterocycles. The van der Waals surface area contributed by atoms with Crippen LogP contribution in [0.3, 0.4) is 0 Å². The van der Waals surface area contributed by atoms with Crippen LogP contribution in [-0.2, 0) is 48.0 Å². The maximum absolute atomic E-state index is 14.0. The second kappa shape index (κ2) is 22.4. The minimum Gasteiger partial charge on any atom is -0.480 e. The molecule has 0 aliphatic rings. The summed E-state index contributed by atoms with van der Waals surface area (Å²) in [7, 11) is 0. The van der Waals surface area contributed by atoms with E-state index in [-0.39, 0.29) is 56.9 Å². The Bertz CT molecular complexity index is 2070. The van der Waals surface area contributed by atoms with E-state index in [0.29, 0.717) is 5.69 Å². The van der Waals surface area contributed by atoms with Gasteiger partial charge in [0, 0.05) is 42.7 Å². The van der Waals surface area contributed by atoms with Gasteiger partial charge < -0.3 is 58.4 Å². The molecule has 4 aromatic rings. The standard InChI is InChI=1S/C41H56N12O7/c1-23(2)16-32(38(57)53-34(40(59)60)19-27-21-45-22-48-27)51-35(54)24(3)49-37(56)31(14-9-15-46-41(43)44)50-39(58)33(17-25-10-5-4-6-11-25)52-36(55)29(42)18-26-20-47-30-13-8-7-12-28(26)30/h4-8,10-13,20-24,29,31-34,47H,9,14-19,42H2,1-3H3,(H,45,48)(H,49,56)(H,50,58)(H,51,54)(H,52,55)(H,53,57)(H,59,60)(H4,43,44,46)/t24-,29-,31-,32-,33-,34-/m0/s1. The lowest BCUT2D eigenvalue weighted by atomic mass is 10.0. The van der Waals surface area contributed by atoms with Gasteiger partial charge in [0.25, 0.3) is 0 Å². The van der Waals surface area contributed by atoms with Gasteiger partial charge >= 0.3 is 5.97 Å². The topological polar surface area (TPSA) is 315 Å². The summed E-state index contributed by atoms with van der Waals surface area (Å²) in [6.45, 7) is 5.25. The highest BCUT2D eigenvalue weighted by Gasteiger charge is 2.32. The zero-order valence-corrected chi connectivity index (χ0v) is 33.9. The van der Waals surface area contributed by atoms with Crippen LogP contribution in [0, 0.1) is 11.3 Å². The largest absolute Gasteiger partial charge is 0.480 e. The van der Waals surface area contributed by atoms with Gasteiger partial charge in [-0.15, -0.1) is 0 Å². The third-order valence-electron chi connectivity index (χ3n) is 9.66. The van der Waals surface area contributed by atoms with Crippen LogP contribution in [0.15, 0.2) is 73.3 Å². The number of nitrogens with one attached hydrogen (secondary N) is 9. The van der Waals surface area contributed by atoms with E-state index in [9.17, 15) is 33.9 Å². The zero-order valence-electron chi connectivity index (χ0n) is 33.9. The van der Waals surface area contributed by atoms with Gasteiger partial charge in [0.15, 0.2) is 5.96 Å². The molecule has 14 N–H and O–H groups in total. The number of carboxylic acid groups (broad SMARTS) is 1. The molecule has 19 heteroatoms. The molecular weight excluding hydrogens is 773 g/mol. The summed E-state index contributed by atoms with van der Waals surface area (Å²) < 4.78 is 0. The van der Waals surface area contributed by atoms with Crippen LogP contribution >= 0.6 is 0 Å². The smallest absolute Gasteiger partial charge is 0.326 e. The number of hydrogen-bond acceptors (Lipinski definition) is 9. The lowest BCUT2D eigenvalue weighted by Gasteiger charge is -2.26. The summed E-state index contributed by atoms with van der Waals surface area (Å²) in [5, 5.41) is 34.0. The minimum atomic E-state index is -1.32. The molecule has 2 aromatic heterocycles. The molecule has 0 aliphatic carbocycles. The molecule has 2 heterocycles. The third kappa shape index (κ3) is 14.3. The summed E-state index contributed by atoms with van der Waals surface area (Å²) in [6, 6.07) is 9.53. The van der Waals surface area contributed by atoms with E-state index in [2.05, 4.69) is 46.9 Å². The fraction of sp³-hybridized carbons (Fsp3) is 0.415. The lowest BCUT2D eigenvalue weighted by Crippen LogP contribution is -2.59. The Morgan fingerprint density at radius 1 is 0.750 bits per heavy atom. The molecular formula is C41H56N12O7. The molecule has 19 nitrogen and oxygen atoms in total. The molecule has 6 atom stereocenters. The van der Waals surface area contributed by atoms with E-state index >= 15 is 0 Å². The summed E-state index contributed by atoms with van der Waals surface area (Å²) >= 11 is 0. The van der Waals surface area contributed by atoms with E-state index < -0.39 is 71.8 Å². The molecule has 2 aromatic carbocycles. The van der Waals surface area contributed by atoms with Gasteiger partial charge in [0.2, 0.25) is 29.5 Å². The molecule has 0 fully saturated rings. The number of carbonyl (C=O) groups is 6. The van der Waals surface area contributed by atoms with Gasteiger partial charge in [-0.1, -0.05) is 62.4 Å². The fourth-order valence-electron chi connectivity index (χ4n) is 6.50. The summed E-state index contributed by atoms with van der Waals surface area (Å²) in [5.41, 5.74) is 14.7. The molecule has 0 radical (unpaired) electrons. The number of aliphatic carboxylic acids is 1. The number of guanidine groups is 1.